The third kappa shape index (κ3) is 3.69. The van der Waals surface area contributed by atoms with E-state index in [0.29, 0.717) is 11.1 Å². The Morgan fingerprint density at radius 2 is 1.89 bits per heavy atom. The zero-order valence-electron chi connectivity index (χ0n) is 16.6. The van der Waals surface area contributed by atoms with Crippen LogP contribution in [0.3, 0.4) is 0 Å². The van der Waals surface area contributed by atoms with Gasteiger partial charge < -0.3 is 4.42 Å². The number of hydrogen-bond acceptors (Lipinski definition) is 8. The van der Waals surface area contributed by atoms with Gasteiger partial charge in [-0.15, -0.1) is 21.5 Å². The van der Waals surface area contributed by atoms with Gasteiger partial charge in [-0.25, -0.2) is 9.97 Å². The SMILES string of the molecule is Cc1sc2nc(CN3CCC(C)CC3)nc(Sc3nnc(C4CC4)o3)c2c1C. The van der Waals surface area contributed by atoms with E-state index >= 15 is 0 Å². The zero-order valence-corrected chi connectivity index (χ0v) is 18.2. The Morgan fingerprint density at radius 3 is 2.64 bits per heavy atom. The fourth-order valence-corrected chi connectivity index (χ4v) is 5.65. The number of nitrogens with zero attached hydrogens (tertiary/aromatic N) is 5. The van der Waals surface area contributed by atoms with Crippen molar-refractivity contribution in [2.24, 2.45) is 5.92 Å². The Labute approximate surface area is 173 Å². The molecule has 148 valence electrons. The highest BCUT2D eigenvalue weighted by Crippen LogP contribution is 2.42. The molecule has 0 N–H and O–H groups in total. The van der Waals surface area contributed by atoms with Crippen LogP contribution in [0.1, 0.15) is 60.7 Å². The number of aryl methyl sites for hydroxylation is 2. The summed E-state index contributed by atoms with van der Waals surface area (Å²) < 4.78 is 5.88. The van der Waals surface area contributed by atoms with Crippen molar-refractivity contribution in [1.82, 2.24) is 25.1 Å². The second-order valence-electron chi connectivity index (χ2n) is 8.15. The lowest BCUT2D eigenvalue weighted by Crippen LogP contribution is -2.32. The summed E-state index contributed by atoms with van der Waals surface area (Å²) in [6, 6.07) is 0. The average Bonchev–Trinajstić information content (AvgIpc) is 3.35. The van der Waals surface area contributed by atoms with Crippen molar-refractivity contribution >= 4 is 33.3 Å². The van der Waals surface area contributed by atoms with E-state index in [1.165, 1.54) is 35.0 Å². The van der Waals surface area contributed by atoms with E-state index in [0.717, 1.165) is 65.4 Å². The molecular weight excluding hydrogens is 390 g/mol. The molecule has 6 nitrogen and oxygen atoms in total. The Kier molecular flexibility index (Phi) is 4.88. The predicted octanol–water partition coefficient (Wildman–Crippen LogP) is 4.95. The van der Waals surface area contributed by atoms with Crippen molar-refractivity contribution in [2.75, 3.05) is 13.1 Å². The van der Waals surface area contributed by atoms with Gasteiger partial charge in [0.1, 0.15) is 15.7 Å². The molecule has 0 atom stereocenters. The maximum absolute atomic E-state index is 5.88. The van der Waals surface area contributed by atoms with Crippen LogP contribution in [0.4, 0.5) is 0 Å². The largest absolute Gasteiger partial charge is 0.415 e. The van der Waals surface area contributed by atoms with E-state index in [1.54, 1.807) is 11.3 Å². The van der Waals surface area contributed by atoms with Crippen molar-refractivity contribution in [3.63, 3.8) is 0 Å². The van der Waals surface area contributed by atoms with Crippen LogP contribution in [0.2, 0.25) is 0 Å². The first-order valence-electron chi connectivity index (χ1n) is 10.1. The first-order valence-corrected chi connectivity index (χ1v) is 11.7. The van der Waals surface area contributed by atoms with E-state index in [-0.39, 0.29) is 0 Å². The lowest BCUT2D eigenvalue weighted by Gasteiger charge is -2.29. The van der Waals surface area contributed by atoms with Gasteiger partial charge in [0.25, 0.3) is 5.22 Å². The number of aromatic nitrogens is 4. The van der Waals surface area contributed by atoms with Crippen LogP contribution in [-0.4, -0.2) is 38.2 Å². The molecule has 0 unspecified atom stereocenters. The summed E-state index contributed by atoms with van der Waals surface area (Å²) in [7, 11) is 0. The Balaban J connectivity index is 1.46. The van der Waals surface area contributed by atoms with Crippen LogP contribution in [0.25, 0.3) is 10.2 Å². The molecule has 0 bridgehead atoms. The number of fused-ring (bicyclic) bond motifs is 1. The van der Waals surface area contributed by atoms with Gasteiger partial charge in [-0.2, -0.15) is 0 Å². The molecule has 28 heavy (non-hydrogen) atoms. The fraction of sp³-hybridized carbons (Fsp3) is 0.600. The van der Waals surface area contributed by atoms with E-state index in [9.17, 15) is 0 Å². The number of rotatable bonds is 5. The minimum atomic E-state index is 0.467. The highest BCUT2D eigenvalue weighted by Gasteiger charge is 2.30. The van der Waals surface area contributed by atoms with Crippen LogP contribution in [0.5, 0.6) is 0 Å². The molecule has 0 amide bonds. The van der Waals surface area contributed by atoms with E-state index < -0.39 is 0 Å². The second-order valence-corrected chi connectivity index (χ2v) is 10.3. The molecule has 0 spiro atoms. The van der Waals surface area contributed by atoms with Gasteiger partial charge in [-0.1, -0.05) is 6.92 Å². The summed E-state index contributed by atoms with van der Waals surface area (Å²) in [5.41, 5.74) is 1.25. The first kappa shape index (κ1) is 18.5. The standard InChI is InChI=1S/C20H25N5OS2/c1-11-6-8-25(9-7-11)10-15-21-18-16(12(2)13(3)27-18)19(22-15)28-20-24-23-17(26-20)14-4-5-14/h11,14H,4-10H2,1-3H3. The van der Waals surface area contributed by atoms with Crippen molar-refractivity contribution in [1.29, 1.82) is 0 Å². The molecule has 3 aromatic heterocycles. The third-order valence-corrected chi connectivity index (χ3v) is 7.75. The van der Waals surface area contributed by atoms with Crippen LogP contribution < -0.4 is 0 Å². The molecular formula is C20H25N5OS2. The molecule has 1 saturated heterocycles. The maximum Gasteiger partial charge on any atom is 0.282 e. The topological polar surface area (TPSA) is 67.9 Å². The Hall–Kier alpha value is -1.51. The first-order chi connectivity index (χ1) is 13.6. The van der Waals surface area contributed by atoms with Crippen LogP contribution in [0.15, 0.2) is 14.7 Å². The highest BCUT2D eigenvalue weighted by atomic mass is 32.2. The van der Waals surface area contributed by atoms with E-state index in [1.807, 2.05) is 0 Å². The molecule has 1 aliphatic heterocycles. The summed E-state index contributed by atoms with van der Waals surface area (Å²) >= 11 is 3.23. The van der Waals surface area contributed by atoms with Gasteiger partial charge in [0.2, 0.25) is 5.89 Å². The smallest absolute Gasteiger partial charge is 0.282 e. The van der Waals surface area contributed by atoms with Gasteiger partial charge in [0.15, 0.2) is 0 Å². The molecule has 5 rings (SSSR count). The number of hydrogen-bond donors (Lipinski definition) is 0. The molecule has 0 radical (unpaired) electrons. The van der Waals surface area contributed by atoms with Crippen LogP contribution in [0, 0.1) is 19.8 Å². The third-order valence-electron chi connectivity index (χ3n) is 5.82. The van der Waals surface area contributed by atoms with Gasteiger partial charge in [0, 0.05) is 16.2 Å². The fourth-order valence-electron chi connectivity index (χ4n) is 3.66. The van der Waals surface area contributed by atoms with Gasteiger partial charge in [-0.3, -0.25) is 4.90 Å². The molecule has 1 aliphatic carbocycles. The van der Waals surface area contributed by atoms with E-state index in [2.05, 4.69) is 35.9 Å². The number of likely N-dealkylation sites (tertiary alicyclic amines) is 1. The number of piperidine rings is 1. The van der Waals surface area contributed by atoms with Gasteiger partial charge in [-0.05, 0) is 75.9 Å². The van der Waals surface area contributed by atoms with E-state index in [4.69, 9.17) is 14.4 Å². The van der Waals surface area contributed by atoms with Crippen LogP contribution in [-0.2, 0) is 6.54 Å². The van der Waals surface area contributed by atoms with Crippen molar-refractivity contribution in [3.8, 4) is 0 Å². The van der Waals surface area contributed by atoms with Crippen molar-refractivity contribution in [3.05, 3.63) is 22.2 Å². The quantitative estimate of drug-likeness (QED) is 0.546. The zero-order chi connectivity index (χ0) is 19.3. The molecule has 3 aromatic rings. The summed E-state index contributed by atoms with van der Waals surface area (Å²) in [6.45, 7) is 9.70. The van der Waals surface area contributed by atoms with Gasteiger partial charge in [0.05, 0.1) is 6.54 Å². The molecule has 2 fully saturated rings. The number of thiophene rings is 1. The molecule has 1 saturated carbocycles. The minimum absolute atomic E-state index is 0.467. The van der Waals surface area contributed by atoms with Crippen molar-refractivity contribution < 1.29 is 4.42 Å². The average molecular weight is 416 g/mol. The molecule has 8 heteroatoms. The lowest BCUT2D eigenvalue weighted by molar-refractivity contribution is 0.181. The summed E-state index contributed by atoms with van der Waals surface area (Å²) in [5, 5.41) is 11.1. The van der Waals surface area contributed by atoms with Crippen molar-refractivity contribution in [2.45, 2.75) is 69.2 Å². The Morgan fingerprint density at radius 1 is 1.11 bits per heavy atom. The monoisotopic (exact) mass is 415 g/mol. The summed E-state index contributed by atoms with van der Waals surface area (Å²) in [4.78, 5) is 14.7. The highest BCUT2D eigenvalue weighted by molar-refractivity contribution is 7.99. The normalized spacial score (nSPS) is 19.0. The van der Waals surface area contributed by atoms with Gasteiger partial charge >= 0.3 is 0 Å². The Bertz CT molecular complexity index is 1000. The lowest BCUT2D eigenvalue weighted by atomic mass is 9.99. The minimum Gasteiger partial charge on any atom is -0.415 e. The molecule has 4 heterocycles. The predicted molar refractivity (Wildman–Crippen MR) is 111 cm³/mol. The van der Waals surface area contributed by atoms with Crippen LogP contribution >= 0.6 is 23.1 Å². The summed E-state index contributed by atoms with van der Waals surface area (Å²) in [5.74, 6) is 2.96. The molecule has 0 aromatic carbocycles. The maximum atomic E-state index is 5.88. The summed E-state index contributed by atoms with van der Waals surface area (Å²) in [6.07, 6.45) is 4.83. The molecule has 2 aliphatic rings. The second kappa shape index (κ2) is 7.39.